The van der Waals surface area contributed by atoms with Gasteiger partial charge in [-0.2, -0.15) is 0 Å². The third-order valence-corrected chi connectivity index (χ3v) is 4.91. The Hall–Kier alpha value is -2.92. The molecule has 1 fully saturated rings. The van der Waals surface area contributed by atoms with Crippen LogP contribution in [0.1, 0.15) is 37.6 Å². The monoisotopic (exact) mass is 363 g/mol. The van der Waals surface area contributed by atoms with E-state index in [0.29, 0.717) is 12.0 Å². The molecule has 0 aromatic heterocycles. The first-order valence-electron chi connectivity index (χ1n) is 8.96. The number of amides is 1. The van der Waals surface area contributed by atoms with Crippen molar-refractivity contribution >= 4 is 33.4 Å². The molecular formula is C22H21NO4. The van der Waals surface area contributed by atoms with Crippen LogP contribution < -0.4 is 0 Å². The Morgan fingerprint density at radius 3 is 2.15 bits per heavy atom. The summed E-state index contributed by atoms with van der Waals surface area (Å²) in [4.78, 5) is 30.6. The second kappa shape index (κ2) is 6.35. The number of carbonyl (C=O) groups is 2. The highest BCUT2D eigenvalue weighted by atomic mass is 16.8. The maximum atomic E-state index is 13.6. The quantitative estimate of drug-likeness (QED) is 0.499. The van der Waals surface area contributed by atoms with E-state index in [0.717, 1.165) is 21.5 Å². The number of hydrogen-bond donors (Lipinski definition) is 0. The van der Waals surface area contributed by atoms with E-state index in [1.807, 2.05) is 62.4 Å². The van der Waals surface area contributed by atoms with Gasteiger partial charge in [-0.1, -0.05) is 48.5 Å². The molecule has 1 saturated heterocycles. The van der Waals surface area contributed by atoms with Crippen molar-refractivity contribution in [3.63, 3.8) is 0 Å². The zero-order valence-electron chi connectivity index (χ0n) is 15.6. The number of hydroxylamine groups is 2. The van der Waals surface area contributed by atoms with Crippen molar-refractivity contribution in [1.82, 2.24) is 5.06 Å². The molecule has 138 valence electrons. The number of rotatable bonds is 2. The maximum absolute atomic E-state index is 13.6. The third kappa shape index (κ3) is 3.04. The van der Waals surface area contributed by atoms with Crippen molar-refractivity contribution < 1.29 is 19.2 Å². The number of fused-ring (bicyclic) bond motifs is 2. The van der Waals surface area contributed by atoms with Crippen LogP contribution in [-0.4, -0.2) is 28.8 Å². The normalized spacial score (nSPS) is 18.8. The standard InChI is InChI=1S/C22H21NO4/c1-14(24)26-19-13-22(2,3)23(27-19)21(25)20-17-10-6-4-8-15(17)12-16-9-5-7-11-18(16)20/h4-12,19H,13H2,1-3H3. The molecule has 1 unspecified atom stereocenters. The van der Waals surface area contributed by atoms with Gasteiger partial charge in [0.2, 0.25) is 6.29 Å². The molecule has 1 aliphatic rings. The second-order valence-corrected chi connectivity index (χ2v) is 7.45. The Balaban J connectivity index is 1.85. The van der Waals surface area contributed by atoms with Gasteiger partial charge in [0.15, 0.2) is 0 Å². The molecule has 1 atom stereocenters. The van der Waals surface area contributed by atoms with Crippen LogP contribution >= 0.6 is 0 Å². The smallest absolute Gasteiger partial charge is 0.305 e. The number of benzene rings is 3. The predicted molar refractivity (Wildman–Crippen MR) is 103 cm³/mol. The molecule has 3 aromatic carbocycles. The molecule has 0 N–H and O–H groups in total. The zero-order chi connectivity index (χ0) is 19.2. The highest BCUT2D eigenvalue weighted by Crippen LogP contribution is 2.36. The van der Waals surface area contributed by atoms with Crippen LogP contribution in [0.3, 0.4) is 0 Å². The number of ether oxygens (including phenoxy) is 1. The van der Waals surface area contributed by atoms with E-state index in [-0.39, 0.29) is 5.91 Å². The molecule has 0 saturated carbocycles. The van der Waals surface area contributed by atoms with Gasteiger partial charge < -0.3 is 4.74 Å². The van der Waals surface area contributed by atoms with Crippen LogP contribution in [-0.2, 0) is 14.4 Å². The average Bonchev–Trinajstić information content (AvgIpc) is 2.92. The largest absolute Gasteiger partial charge is 0.434 e. The van der Waals surface area contributed by atoms with Crippen LogP contribution in [0, 0.1) is 0 Å². The fraction of sp³-hybridized carbons (Fsp3) is 0.273. The molecule has 0 aliphatic carbocycles. The molecule has 5 nitrogen and oxygen atoms in total. The highest BCUT2D eigenvalue weighted by Gasteiger charge is 2.45. The SMILES string of the molecule is CC(=O)OC1CC(C)(C)N(C(=O)c2c3ccccc3cc3ccccc23)O1. The summed E-state index contributed by atoms with van der Waals surface area (Å²) in [7, 11) is 0. The molecule has 0 radical (unpaired) electrons. The Morgan fingerprint density at radius 1 is 1.04 bits per heavy atom. The molecule has 4 rings (SSSR count). The first-order chi connectivity index (χ1) is 12.9. The van der Waals surface area contributed by atoms with Gasteiger partial charge >= 0.3 is 5.97 Å². The highest BCUT2D eigenvalue weighted by molar-refractivity contribution is 6.18. The van der Waals surface area contributed by atoms with E-state index in [1.54, 1.807) is 0 Å². The molecule has 0 bridgehead atoms. The van der Waals surface area contributed by atoms with Gasteiger partial charge in [0.05, 0.1) is 11.1 Å². The Morgan fingerprint density at radius 2 is 1.59 bits per heavy atom. The molecule has 27 heavy (non-hydrogen) atoms. The van der Waals surface area contributed by atoms with Gasteiger partial charge in [0.25, 0.3) is 5.91 Å². The third-order valence-electron chi connectivity index (χ3n) is 4.91. The lowest BCUT2D eigenvalue weighted by Crippen LogP contribution is -2.42. The van der Waals surface area contributed by atoms with E-state index in [4.69, 9.17) is 9.57 Å². The molecule has 1 amide bonds. The second-order valence-electron chi connectivity index (χ2n) is 7.45. The van der Waals surface area contributed by atoms with Crippen LogP contribution in [0.4, 0.5) is 0 Å². The van der Waals surface area contributed by atoms with Gasteiger partial charge in [-0.3, -0.25) is 9.59 Å². The summed E-state index contributed by atoms with van der Waals surface area (Å²) in [5.41, 5.74) is -0.00448. The molecule has 1 aliphatic heterocycles. The number of esters is 1. The number of nitrogens with zero attached hydrogens (tertiary/aromatic N) is 1. The molecule has 0 spiro atoms. The summed E-state index contributed by atoms with van der Waals surface area (Å²) in [6.07, 6.45) is -0.344. The van der Waals surface area contributed by atoms with Crippen LogP contribution in [0.2, 0.25) is 0 Å². The Bertz CT molecular complexity index is 1000. The minimum atomic E-state index is -0.761. The van der Waals surface area contributed by atoms with Gasteiger partial charge in [-0.25, -0.2) is 9.90 Å². The summed E-state index contributed by atoms with van der Waals surface area (Å²) in [6, 6.07) is 17.7. The van der Waals surface area contributed by atoms with E-state index in [1.165, 1.54) is 12.0 Å². The minimum absolute atomic E-state index is 0.234. The van der Waals surface area contributed by atoms with E-state index < -0.39 is 17.8 Å². The summed E-state index contributed by atoms with van der Waals surface area (Å²) in [5.74, 6) is -0.664. The first kappa shape index (κ1) is 17.5. The van der Waals surface area contributed by atoms with Crippen molar-refractivity contribution in [2.45, 2.75) is 39.0 Å². The first-order valence-corrected chi connectivity index (χ1v) is 8.96. The fourth-order valence-electron chi connectivity index (χ4n) is 3.71. The number of carbonyl (C=O) groups excluding carboxylic acids is 2. The lowest BCUT2D eigenvalue weighted by Gasteiger charge is -2.29. The van der Waals surface area contributed by atoms with Gasteiger partial charge in [-0.15, -0.1) is 0 Å². The van der Waals surface area contributed by atoms with E-state index in [2.05, 4.69) is 6.07 Å². The molecular weight excluding hydrogens is 342 g/mol. The zero-order valence-corrected chi connectivity index (χ0v) is 15.6. The lowest BCUT2D eigenvalue weighted by atomic mass is 9.94. The van der Waals surface area contributed by atoms with Gasteiger partial charge in [0.1, 0.15) is 0 Å². The molecule has 5 heteroatoms. The van der Waals surface area contributed by atoms with Crippen molar-refractivity contribution in [3.8, 4) is 0 Å². The molecule has 3 aromatic rings. The van der Waals surface area contributed by atoms with Gasteiger partial charge in [-0.05, 0) is 41.5 Å². The van der Waals surface area contributed by atoms with Crippen LogP contribution in [0.5, 0.6) is 0 Å². The van der Waals surface area contributed by atoms with Crippen molar-refractivity contribution in [2.24, 2.45) is 0 Å². The topological polar surface area (TPSA) is 55.8 Å². The Labute approximate surface area is 157 Å². The maximum Gasteiger partial charge on any atom is 0.305 e. The lowest BCUT2D eigenvalue weighted by molar-refractivity contribution is -0.219. The van der Waals surface area contributed by atoms with Crippen LogP contribution in [0.25, 0.3) is 21.5 Å². The fourth-order valence-corrected chi connectivity index (χ4v) is 3.71. The van der Waals surface area contributed by atoms with Crippen LogP contribution in [0.15, 0.2) is 54.6 Å². The summed E-state index contributed by atoms with van der Waals surface area (Å²) in [5, 5.41) is 5.09. The average molecular weight is 363 g/mol. The summed E-state index contributed by atoms with van der Waals surface area (Å²) in [6.45, 7) is 5.14. The Kier molecular flexibility index (Phi) is 4.12. The van der Waals surface area contributed by atoms with Gasteiger partial charge in [0, 0.05) is 13.3 Å². The summed E-state index contributed by atoms with van der Waals surface area (Å²) >= 11 is 0. The minimum Gasteiger partial charge on any atom is -0.434 e. The van der Waals surface area contributed by atoms with E-state index >= 15 is 0 Å². The predicted octanol–water partition coefficient (Wildman–Crippen LogP) is 4.44. The van der Waals surface area contributed by atoms with E-state index in [9.17, 15) is 9.59 Å². The van der Waals surface area contributed by atoms with Crippen molar-refractivity contribution in [1.29, 1.82) is 0 Å². The van der Waals surface area contributed by atoms with Crippen molar-refractivity contribution in [3.05, 3.63) is 60.2 Å². The summed E-state index contributed by atoms with van der Waals surface area (Å²) < 4.78 is 5.18. The van der Waals surface area contributed by atoms with Crippen molar-refractivity contribution in [2.75, 3.05) is 0 Å². The molecule has 1 heterocycles. The number of hydrogen-bond acceptors (Lipinski definition) is 4.